The molecule has 0 bridgehead atoms. The van der Waals surface area contributed by atoms with E-state index in [1.807, 2.05) is 31.0 Å². The normalized spacial score (nSPS) is 13.4. The lowest BCUT2D eigenvalue weighted by Gasteiger charge is -2.18. The number of amides is 1. The van der Waals surface area contributed by atoms with Crippen molar-refractivity contribution in [2.45, 2.75) is 6.92 Å². The lowest BCUT2D eigenvalue weighted by molar-refractivity contribution is 0.102. The SMILES string of the molecule is Cc1ccc2c(n1)N(C)c1ncc(Br)cc1C(=O)N2. The quantitative estimate of drug-likeness (QED) is 0.811. The molecule has 0 saturated heterocycles. The van der Waals surface area contributed by atoms with E-state index in [4.69, 9.17) is 0 Å². The van der Waals surface area contributed by atoms with Gasteiger partial charge in [0, 0.05) is 23.4 Å². The second kappa shape index (κ2) is 4.31. The molecule has 6 heteroatoms. The number of nitrogens with zero attached hydrogens (tertiary/aromatic N) is 3. The Morgan fingerprint density at radius 3 is 2.89 bits per heavy atom. The van der Waals surface area contributed by atoms with Gasteiger partial charge in [0.2, 0.25) is 0 Å². The molecule has 0 spiro atoms. The third kappa shape index (κ3) is 1.98. The minimum absolute atomic E-state index is 0.181. The van der Waals surface area contributed by atoms with Gasteiger partial charge in [-0.05, 0) is 41.1 Å². The van der Waals surface area contributed by atoms with Crippen LogP contribution in [0, 0.1) is 6.92 Å². The van der Waals surface area contributed by atoms with Crippen molar-refractivity contribution in [2.24, 2.45) is 0 Å². The third-order valence-corrected chi connectivity index (χ3v) is 3.41. The Bertz CT molecular complexity index is 686. The molecule has 5 nitrogen and oxygen atoms in total. The topological polar surface area (TPSA) is 58.1 Å². The van der Waals surface area contributed by atoms with Crippen LogP contribution in [0.2, 0.25) is 0 Å². The zero-order chi connectivity index (χ0) is 13.6. The first-order chi connectivity index (χ1) is 9.06. The smallest absolute Gasteiger partial charge is 0.259 e. The molecule has 0 unspecified atom stereocenters. The van der Waals surface area contributed by atoms with Gasteiger partial charge in [0.25, 0.3) is 5.91 Å². The largest absolute Gasteiger partial charge is 0.319 e. The average molecular weight is 319 g/mol. The summed E-state index contributed by atoms with van der Waals surface area (Å²) in [7, 11) is 1.85. The van der Waals surface area contributed by atoms with Gasteiger partial charge in [-0.2, -0.15) is 0 Å². The molecule has 2 aromatic heterocycles. The predicted molar refractivity (Wildman–Crippen MR) is 76.9 cm³/mol. The maximum absolute atomic E-state index is 12.2. The molecule has 1 aliphatic heterocycles. The van der Waals surface area contributed by atoms with Crippen molar-refractivity contribution in [3.63, 3.8) is 0 Å². The molecule has 1 N–H and O–H groups in total. The Hall–Kier alpha value is -1.95. The molecule has 1 amide bonds. The predicted octanol–water partition coefficient (Wildman–Crippen LogP) is 2.88. The van der Waals surface area contributed by atoms with Gasteiger partial charge in [-0.25, -0.2) is 9.97 Å². The number of anilines is 3. The number of halogens is 1. The molecule has 0 radical (unpaired) electrons. The molecule has 19 heavy (non-hydrogen) atoms. The zero-order valence-electron chi connectivity index (χ0n) is 10.4. The second-order valence-electron chi connectivity index (χ2n) is 4.36. The lowest BCUT2D eigenvalue weighted by atomic mass is 10.2. The van der Waals surface area contributed by atoms with Crippen LogP contribution in [0.15, 0.2) is 28.9 Å². The van der Waals surface area contributed by atoms with E-state index in [0.29, 0.717) is 22.9 Å². The summed E-state index contributed by atoms with van der Waals surface area (Å²) in [5, 5.41) is 2.86. The van der Waals surface area contributed by atoms with Crippen molar-refractivity contribution in [2.75, 3.05) is 17.3 Å². The van der Waals surface area contributed by atoms with Crippen LogP contribution >= 0.6 is 15.9 Å². The number of rotatable bonds is 0. The number of pyridine rings is 2. The Kier molecular flexibility index (Phi) is 2.74. The average Bonchev–Trinajstić information content (AvgIpc) is 2.48. The van der Waals surface area contributed by atoms with Crippen LogP contribution in [0.3, 0.4) is 0 Å². The van der Waals surface area contributed by atoms with Gasteiger partial charge < -0.3 is 10.2 Å². The highest BCUT2D eigenvalue weighted by Crippen LogP contribution is 2.34. The number of aryl methyl sites for hydroxylation is 1. The van der Waals surface area contributed by atoms with Gasteiger partial charge in [-0.3, -0.25) is 4.79 Å². The van der Waals surface area contributed by atoms with E-state index in [0.717, 1.165) is 10.2 Å². The highest BCUT2D eigenvalue weighted by atomic mass is 79.9. The van der Waals surface area contributed by atoms with Crippen LogP contribution in [-0.2, 0) is 0 Å². The zero-order valence-corrected chi connectivity index (χ0v) is 12.0. The van der Waals surface area contributed by atoms with E-state index in [-0.39, 0.29) is 5.91 Å². The minimum atomic E-state index is -0.181. The molecule has 0 atom stereocenters. The summed E-state index contributed by atoms with van der Waals surface area (Å²) >= 11 is 3.33. The van der Waals surface area contributed by atoms with Crippen LogP contribution < -0.4 is 10.2 Å². The fourth-order valence-electron chi connectivity index (χ4n) is 2.05. The molecule has 3 heterocycles. The first kappa shape index (κ1) is 12.1. The first-order valence-electron chi connectivity index (χ1n) is 5.74. The van der Waals surface area contributed by atoms with Gasteiger partial charge in [0.15, 0.2) is 5.82 Å². The summed E-state index contributed by atoms with van der Waals surface area (Å²) in [6, 6.07) is 5.48. The molecule has 1 aliphatic rings. The monoisotopic (exact) mass is 318 g/mol. The van der Waals surface area contributed by atoms with Gasteiger partial charge >= 0.3 is 0 Å². The van der Waals surface area contributed by atoms with Gasteiger partial charge in [-0.1, -0.05) is 0 Å². The van der Waals surface area contributed by atoms with Gasteiger partial charge in [-0.15, -0.1) is 0 Å². The van der Waals surface area contributed by atoms with E-state index in [1.54, 1.807) is 12.3 Å². The van der Waals surface area contributed by atoms with E-state index >= 15 is 0 Å². The van der Waals surface area contributed by atoms with E-state index in [2.05, 4.69) is 31.2 Å². The fourth-order valence-corrected chi connectivity index (χ4v) is 2.38. The Morgan fingerprint density at radius 1 is 1.32 bits per heavy atom. The molecular formula is C13H11BrN4O. The van der Waals surface area contributed by atoms with Crippen molar-refractivity contribution in [1.82, 2.24) is 9.97 Å². The van der Waals surface area contributed by atoms with Crippen LogP contribution in [0.1, 0.15) is 16.1 Å². The highest BCUT2D eigenvalue weighted by Gasteiger charge is 2.25. The Morgan fingerprint density at radius 2 is 2.11 bits per heavy atom. The van der Waals surface area contributed by atoms with Crippen LogP contribution in [0.25, 0.3) is 0 Å². The van der Waals surface area contributed by atoms with Crippen molar-refractivity contribution >= 4 is 39.2 Å². The van der Waals surface area contributed by atoms with Gasteiger partial charge in [0.1, 0.15) is 5.82 Å². The number of hydrogen-bond acceptors (Lipinski definition) is 4. The molecule has 0 saturated carbocycles. The summed E-state index contributed by atoms with van der Waals surface area (Å²) in [6.45, 7) is 1.91. The number of carbonyl (C=O) groups excluding carboxylic acids is 1. The summed E-state index contributed by atoms with van der Waals surface area (Å²) < 4.78 is 0.768. The highest BCUT2D eigenvalue weighted by molar-refractivity contribution is 9.10. The summed E-state index contributed by atoms with van der Waals surface area (Å²) in [6.07, 6.45) is 1.67. The first-order valence-corrected chi connectivity index (χ1v) is 6.54. The third-order valence-electron chi connectivity index (χ3n) is 2.98. The van der Waals surface area contributed by atoms with E-state index in [9.17, 15) is 4.79 Å². The number of aromatic nitrogens is 2. The lowest BCUT2D eigenvalue weighted by Crippen LogP contribution is -2.14. The molecule has 0 aliphatic carbocycles. The second-order valence-corrected chi connectivity index (χ2v) is 5.28. The van der Waals surface area contributed by atoms with Crippen molar-refractivity contribution < 1.29 is 4.79 Å². The van der Waals surface area contributed by atoms with E-state index < -0.39 is 0 Å². The van der Waals surface area contributed by atoms with Crippen molar-refractivity contribution in [1.29, 1.82) is 0 Å². The Labute approximate surface area is 118 Å². The van der Waals surface area contributed by atoms with Crippen LogP contribution in [0.5, 0.6) is 0 Å². The molecular weight excluding hydrogens is 308 g/mol. The molecule has 2 aromatic rings. The number of fused-ring (bicyclic) bond motifs is 2. The van der Waals surface area contributed by atoms with Crippen LogP contribution in [-0.4, -0.2) is 22.9 Å². The molecule has 96 valence electrons. The number of carbonyl (C=O) groups is 1. The van der Waals surface area contributed by atoms with Crippen molar-refractivity contribution in [3.8, 4) is 0 Å². The van der Waals surface area contributed by atoms with Gasteiger partial charge in [0.05, 0.1) is 11.3 Å². The molecule has 3 rings (SSSR count). The van der Waals surface area contributed by atoms with E-state index in [1.165, 1.54) is 0 Å². The minimum Gasteiger partial charge on any atom is -0.319 e. The molecule has 0 fully saturated rings. The summed E-state index contributed by atoms with van der Waals surface area (Å²) in [4.78, 5) is 22.8. The number of hydrogen-bond donors (Lipinski definition) is 1. The molecule has 0 aromatic carbocycles. The standard InChI is InChI=1S/C13H11BrN4O/c1-7-3-4-10-12(16-7)18(2)11-9(13(19)17-10)5-8(14)6-15-11/h3-6H,1-2H3,(H,17,19). The Balaban J connectivity index is 2.25. The number of nitrogens with one attached hydrogen (secondary N) is 1. The summed E-state index contributed by atoms with van der Waals surface area (Å²) in [5.74, 6) is 1.11. The summed E-state index contributed by atoms with van der Waals surface area (Å²) in [5.41, 5.74) is 2.10. The fraction of sp³-hybridized carbons (Fsp3) is 0.154. The maximum Gasteiger partial charge on any atom is 0.259 e. The van der Waals surface area contributed by atoms with Crippen LogP contribution in [0.4, 0.5) is 17.3 Å². The van der Waals surface area contributed by atoms with Crippen molar-refractivity contribution in [3.05, 3.63) is 40.1 Å². The maximum atomic E-state index is 12.2.